The molecule has 0 unspecified atom stereocenters. The van der Waals surface area contributed by atoms with E-state index in [1.54, 1.807) is 11.7 Å². The normalized spacial score (nSPS) is 13.7. The Hall–Kier alpha value is -3.03. The van der Waals surface area contributed by atoms with Gasteiger partial charge in [0.2, 0.25) is 5.95 Å². The molecule has 154 valence electrons. The first kappa shape index (κ1) is 19.3. The molecule has 29 heavy (non-hydrogen) atoms. The van der Waals surface area contributed by atoms with Crippen LogP contribution in [0.3, 0.4) is 0 Å². The fourth-order valence-electron chi connectivity index (χ4n) is 4.19. The standard InChI is InChI=1S/C21H27N5O3/c1-4-24-18-17(19(27)25(5-2)21(24)28)26-13-8-12-23(20(26)22-18)14-11-15-9-6-7-10-16(15)29-3/h6-7,9-10H,4-5,8,11-14H2,1-3H3. The zero-order valence-corrected chi connectivity index (χ0v) is 17.2. The first-order chi connectivity index (χ1) is 14.1. The highest BCUT2D eigenvalue weighted by atomic mass is 16.5. The quantitative estimate of drug-likeness (QED) is 0.635. The number of fused-ring (bicyclic) bond motifs is 3. The molecule has 0 saturated heterocycles. The van der Waals surface area contributed by atoms with Gasteiger partial charge in [0.15, 0.2) is 11.2 Å². The molecule has 0 amide bonds. The average Bonchev–Trinajstić information content (AvgIpc) is 3.13. The number of imidazole rings is 1. The highest BCUT2D eigenvalue weighted by molar-refractivity contribution is 5.75. The summed E-state index contributed by atoms with van der Waals surface area (Å²) in [5.74, 6) is 1.65. The smallest absolute Gasteiger partial charge is 0.332 e. The first-order valence-electron chi connectivity index (χ1n) is 10.2. The van der Waals surface area contributed by atoms with Gasteiger partial charge in [-0.2, -0.15) is 4.98 Å². The number of hydrogen-bond donors (Lipinski definition) is 0. The number of rotatable bonds is 6. The summed E-state index contributed by atoms with van der Waals surface area (Å²) in [5, 5.41) is 0. The number of benzene rings is 1. The van der Waals surface area contributed by atoms with Crippen LogP contribution in [0.1, 0.15) is 25.8 Å². The van der Waals surface area contributed by atoms with E-state index in [2.05, 4.69) is 11.0 Å². The summed E-state index contributed by atoms with van der Waals surface area (Å²) in [6, 6.07) is 8.01. The van der Waals surface area contributed by atoms with E-state index >= 15 is 0 Å². The number of ether oxygens (including phenoxy) is 1. The van der Waals surface area contributed by atoms with Crippen LogP contribution in [0.25, 0.3) is 11.2 Å². The van der Waals surface area contributed by atoms with Gasteiger partial charge < -0.3 is 14.2 Å². The molecule has 1 aliphatic rings. The Labute approximate surface area is 169 Å². The lowest BCUT2D eigenvalue weighted by Crippen LogP contribution is -2.40. The molecule has 0 spiro atoms. The molecule has 0 bridgehead atoms. The van der Waals surface area contributed by atoms with Crippen molar-refractivity contribution in [3.8, 4) is 5.75 Å². The van der Waals surface area contributed by atoms with Crippen LogP contribution in [0.5, 0.6) is 5.75 Å². The first-order valence-corrected chi connectivity index (χ1v) is 10.2. The summed E-state index contributed by atoms with van der Waals surface area (Å²) in [4.78, 5) is 32.7. The zero-order valence-electron chi connectivity index (χ0n) is 17.2. The van der Waals surface area contributed by atoms with Crippen LogP contribution in [0.4, 0.5) is 5.95 Å². The summed E-state index contributed by atoms with van der Waals surface area (Å²) >= 11 is 0. The lowest BCUT2D eigenvalue weighted by molar-refractivity contribution is 0.409. The Morgan fingerprint density at radius 1 is 1.07 bits per heavy atom. The van der Waals surface area contributed by atoms with Crippen LogP contribution < -0.4 is 20.9 Å². The van der Waals surface area contributed by atoms with Crippen LogP contribution >= 0.6 is 0 Å². The van der Waals surface area contributed by atoms with Gasteiger partial charge in [-0.15, -0.1) is 0 Å². The number of anilines is 1. The topological polar surface area (TPSA) is 74.3 Å². The molecule has 2 aromatic heterocycles. The van der Waals surface area contributed by atoms with Gasteiger partial charge in [-0.05, 0) is 38.3 Å². The Morgan fingerprint density at radius 3 is 2.55 bits per heavy atom. The molecule has 0 atom stereocenters. The molecule has 8 heteroatoms. The second kappa shape index (κ2) is 7.77. The lowest BCUT2D eigenvalue weighted by atomic mass is 10.1. The van der Waals surface area contributed by atoms with Crippen LogP contribution in [-0.2, 0) is 26.1 Å². The molecule has 3 heterocycles. The van der Waals surface area contributed by atoms with Crippen molar-refractivity contribution in [1.29, 1.82) is 0 Å². The second-order valence-electron chi connectivity index (χ2n) is 7.21. The van der Waals surface area contributed by atoms with Crippen molar-refractivity contribution in [2.75, 3.05) is 25.1 Å². The fourth-order valence-corrected chi connectivity index (χ4v) is 4.19. The van der Waals surface area contributed by atoms with Gasteiger partial charge in [-0.3, -0.25) is 13.9 Å². The molecule has 8 nitrogen and oxygen atoms in total. The van der Waals surface area contributed by atoms with Crippen molar-refractivity contribution in [2.45, 2.75) is 46.3 Å². The third-order valence-electron chi connectivity index (χ3n) is 5.66. The Morgan fingerprint density at radius 2 is 1.83 bits per heavy atom. The molecule has 3 aromatic rings. The second-order valence-corrected chi connectivity index (χ2v) is 7.21. The molecule has 0 saturated carbocycles. The Kier molecular flexibility index (Phi) is 5.17. The third-order valence-corrected chi connectivity index (χ3v) is 5.66. The number of hydrogen-bond acceptors (Lipinski definition) is 5. The number of methoxy groups -OCH3 is 1. The molecule has 0 aliphatic carbocycles. The van der Waals surface area contributed by atoms with Gasteiger partial charge >= 0.3 is 5.69 Å². The minimum atomic E-state index is -0.288. The molecule has 0 radical (unpaired) electrons. The van der Waals surface area contributed by atoms with E-state index in [1.807, 2.05) is 36.6 Å². The number of para-hydroxylation sites is 1. The fraction of sp³-hybridized carbons (Fsp3) is 0.476. The molecular formula is C21H27N5O3. The predicted octanol–water partition coefficient (Wildman–Crippen LogP) is 1.86. The van der Waals surface area contributed by atoms with E-state index in [4.69, 9.17) is 9.72 Å². The molecular weight excluding hydrogens is 370 g/mol. The maximum atomic E-state index is 13.0. The number of nitrogens with zero attached hydrogens (tertiary/aromatic N) is 5. The maximum Gasteiger partial charge on any atom is 0.332 e. The van der Waals surface area contributed by atoms with E-state index in [0.29, 0.717) is 24.3 Å². The van der Waals surface area contributed by atoms with Crippen molar-refractivity contribution < 1.29 is 4.74 Å². The van der Waals surface area contributed by atoms with E-state index in [0.717, 1.165) is 49.7 Å². The summed E-state index contributed by atoms with van der Waals surface area (Å²) in [6.45, 7) is 6.93. The highest BCUT2D eigenvalue weighted by Gasteiger charge is 2.26. The molecule has 0 fully saturated rings. The van der Waals surface area contributed by atoms with E-state index in [1.165, 1.54) is 4.57 Å². The van der Waals surface area contributed by atoms with E-state index in [-0.39, 0.29) is 11.2 Å². The zero-order chi connectivity index (χ0) is 20.5. The van der Waals surface area contributed by atoms with Crippen LogP contribution in [0.2, 0.25) is 0 Å². The van der Waals surface area contributed by atoms with Gasteiger partial charge in [-0.1, -0.05) is 18.2 Å². The lowest BCUT2D eigenvalue weighted by Gasteiger charge is -2.29. The Bertz CT molecular complexity index is 1160. The largest absolute Gasteiger partial charge is 0.496 e. The summed E-state index contributed by atoms with van der Waals surface area (Å²) < 4.78 is 10.4. The van der Waals surface area contributed by atoms with Gasteiger partial charge in [0.1, 0.15) is 5.75 Å². The van der Waals surface area contributed by atoms with Gasteiger partial charge in [0, 0.05) is 32.7 Å². The number of aryl methyl sites for hydroxylation is 2. The molecule has 1 aliphatic heterocycles. The minimum Gasteiger partial charge on any atom is -0.496 e. The van der Waals surface area contributed by atoms with Gasteiger partial charge in [-0.25, -0.2) is 4.79 Å². The summed E-state index contributed by atoms with van der Waals surface area (Å²) in [6.07, 6.45) is 1.74. The van der Waals surface area contributed by atoms with E-state index in [9.17, 15) is 9.59 Å². The molecule has 4 rings (SSSR count). The monoisotopic (exact) mass is 397 g/mol. The van der Waals surface area contributed by atoms with Crippen LogP contribution in [0, 0.1) is 0 Å². The minimum absolute atomic E-state index is 0.248. The molecule has 1 aromatic carbocycles. The summed E-state index contributed by atoms with van der Waals surface area (Å²) in [5.41, 5.74) is 1.63. The van der Waals surface area contributed by atoms with Crippen molar-refractivity contribution >= 4 is 17.1 Å². The van der Waals surface area contributed by atoms with Crippen molar-refractivity contribution in [3.05, 3.63) is 50.7 Å². The van der Waals surface area contributed by atoms with Crippen LogP contribution in [0.15, 0.2) is 33.9 Å². The number of aromatic nitrogens is 4. The van der Waals surface area contributed by atoms with E-state index < -0.39 is 0 Å². The SMILES string of the molecule is CCn1c(=O)c2c(nc3n2CCCN3CCc2ccccc2OC)n(CC)c1=O. The van der Waals surface area contributed by atoms with Gasteiger partial charge in [0.05, 0.1) is 7.11 Å². The Balaban J connectivity index is 1.77. The highest BCUT2D eigenvalue weighted by Crippen LogP contribution is 2.26. The van der Waals surface area contributed by atoms with Crippen molar-refractivity contribution in [1.82, 2.24) is 18.7 Å². The van der Waals surface area contributed by atoms with Crippen molar-refractivity contribution in [3.63, 3.8) is 0 Å². The molecule has 0 N–H and O–H groups in total. The third kappa shape index (κ3) is 3.12. The summed E-state index contributed by atoms with van der Waals surface area (Å²) in [7, 11) is 1.68. The predicted molar refractivity (Wildman–Crippen MR) is 113 cm³/mol. The van der Waals surface area contributed by atoms with Gasteiger partial charge in [0.25, 0.3) is 5.56 Å². The maximum absolute atomic E-state index is 13.0. The average molecular weight is 397 g/mol. The van der Waals surface area contributed by atoms with Crippen LogP contribution in [-0.4, -0.2) is 38.9 Å². The van der Waals surface area contributed by atoms with Crippen molar-refractivity contribution in [2.24, 2.45) is 0 Å².